The van der Waals surface area contributed by atoms with Crippen LogP contribution >= 0.6 is 11.8 Å². The van der Waals surface area contributed by atoms with E-state index < -0.39 is 11.1 Å². The molecule has 1 aliphatic heterocycles. The molecule has 0 atom stereocenters. The number of aromatic hydroxyl groups is 2. The van der Waals surface area contributed by atoms with E-state index in [1.807, 2.05) is 0 Å². The van der Waals surface area contributed by atoms with Gasteiger partial charge in [-0.2, -0.15) is 0 Å². The van der Waals surface area contributed by atoms with E-state index in [0.717, 1.165) is 11.8 Å². The number of nitrogens with one attached hydrogen (secondary N) is 1. The molecule has 6 nitrogen and oxygen atoms in total. The predicted octanol–water partition coefficient (Wildman–Crippen LogP) is 2.68. The minimum atomic E-state index is -0.469. The van der Waals surface area contributed by atoms with Crippen LogP contribution in [0.3, 0.4) is 0 Å². The summed E-state index contributed by atoms with van der Waals surface area (Å²) in [5.74, 6) is 0.188. The highest BCUT2D eigenvalue weighted by molar-refractivity contribution is 8.18. The third-order valence-corrected chi connectivity index (χ3v) is 3.60. The molecule has 0 unspecified atom stereocenters. The second-order valence-electron chi connectivity index (χ2n) is 4.26. The molecule has 2 aromatic rings. The molecule has 2 amide bonds. The fourth-order valence-electron chi connectivity index (χ4n) is 1.85. The first-order valence-electron chi connectivity index (χ1n) is 5.90. The van der Waals surface area contributed by atoms with E-state index in [0.29, 0.717) is 17.1 Å². The third kappa shape index (κ3) is 2.63. The van der Waals surface area contributed by atoms with E-state index in [4.69, 9.17) is 4.42 Å². The van der Waals surface area contributed by atoms with Crippen LogP contribution in [0, 0.1) is 0 Å². The zero-order valence-corrected chi connectivity index (χ0v) is 11.3. The molecule has 21 heavy (non-hydrogen) atoms. The molecule has 3 N–H and O–H groups in total. The number of benzene rings is 1. The summed E-state index contributed by atoms with van der Waals surface area (Å²) in [7, 11) is 0. The maximum Gasteiger partial charge on any atom is 0.290 e. The summed E-state index contributed by atoms with van der Waals surface area (Å²) < 4.78 is 5.50. The summed E-state index contributed by atoms with van der Waals surface area (Å²) in [5, 5.41) is 20.9. The van der Waals surface area contributed by atoms with Crippen molar-refractivity contribution < 1.29 is 24.2 Å². The van der Waals surface area contributed by atoms with Crippen molar-refractivity contribution in [1.82, 2.24) is 5.32 Å². The summed E-state index contributed by atoms with van der Waals surface area (Å²) in [4.78, 5) is 22.7. The lowest BCUT2D eigenvalue weighted by Crippen LogP contribution is -2.17. The lowest BCUT2D eigenvalue weighted by atomic mass is 10.1. The predicted molar refractivity (Wildman–Crippen MR) is 76.6 cm³/mol. The Morgan fingerprint density at radius 2 is 1.95 bits per heavy atom. The monoisotopic (exact) mass is 303 g/mol. The SMILES string of the molecule is O=C1NC(=O)/C(=C/c2ccc(-c3cc(O)ccc3O)o2)S1. The Labute approximate surface area is 123 Å². The van der Waals surface area contributed by atoms with E-state index >= 15 is 0 Å². The van der Waals surface area contributed by atoms with Gasteiger partial charge in [-0.25, -0.2) is 0 Å². The normalized spacial score (nSPS) is 16.5. The minimum absolute atomic E-state index is 0.00423. The van der Waals surface area contributed by atoms with Gasteiger partial charge in [-0.1, -0.05) is 0 Å². The van der Waals surface area contributed by atoms with Crippen LogP contribution in [0.2, 0.25) is 0 Å². The Kier molecular flexibility index (Phi) is 3.19. The summed E-state index contributed by atoms with van der Waals surface area (Å²) in [6, 6.07) is 7.27. The second kappa shape index (κ2) is 5.02. The molecule has 2 heterocycles. The van der Waals surface area contributed by atoms with Crippen molar-refractivity contribution in [3.05, 3.63) is 41.0 Å². The maximum absolute atomic E-state index is 11.4. The van der Waals surface area contributed by atoms with Gasteiger partial charge in [0.15, 0.2) is 0 Å². The molecule has 0 bridgehead atoms. The molecule has 0 radical (unpaired) electrons. The zero-order valence-electron chi connectivity index (χ0n) is 10.5. The Morgan fingerprint density at radius 1 is 1.14 bits per heavy atom. The van der Waals surface area contributed by atoms with Crippen LogP contribution < -0.4 is 5.32 Å². The average Bonchev–Trinajstić information content (AvgIpc) is 3.00. The van der Waals surface area contributed by atoms with Gasteiger partial charge >= 0.3 is 0 Å². The lowest BCUT2D eigenvalue weighted by Gasteiger charge is -2.01. The molecule has 0 aliphatic carbocycles. The first kappa shape index (κ1) is 13.3. The fourth-order valence-corrected chi connectivity index (χ4v) is 2.51. The zero-order chi connectivity index (χ0) is 15.0. The summed E-state index contributed by atoms with van der Waals surface area (Å²) in [6.45, 7) is 0. The van der Waals surface area contributed by atoms with Crippen molar-refractivity contribution in [2.75, 3.05) is 0 Å². The van der Waals surface area contributed by atoms with Crippen LogP contribution in [-0.4, -0.2) is 21.4 Å². The number of furan rings is 1. The van der Waals surface area contributed by atoms with E-state index in [1.54, 1.807) is 12.1 Å². The number of thioether (sulfide) groups is 1. The standard InChI is InChI=1S/C14H9NO5S/c16-7-1-3-10(17)9(5-7)11-4-2-8(20-11)6-12-13(18)15-14(19)21-12/h1-6,16-17H,(H,15,18,19)/b12-6-. The van der Waals surface area contributed by atoms with E-state index in [2.05, 4.69) is 5.32 Å². The molecule has 1 fully saturated rings. The summed E-state index contributed by atoms with van der Waals surface area (Å²) in [6.07, 6.45) is 1.44. The Balaban J connectivity index is 1.94. The van der Waals surface area contributed by atoms with Gasteiger partial charge in [0.25, 0.3) is 11.1 Å². The Hall–Kier alpha value is -2.67. The van der Waals surface area contributed by atoms with Gasteiger partial charge in [0.05, 0.1) is 10.5 Å². The molecule has 3 rings (SSSR count). The molecule has 0 saturated carbocycles. The van der Waals surface area contributed by atoms with Crippen molar-refractivity contribution in [2.24, 2.45) is 0 Å². The van der Waals surface area contributed by atoms with Crippen molar-refractivity contribution in [3.63, 3.8) is 0 Å². The Morgan fingerprint density at radius 3 is 2.67 bits per heavy atom. The molecule has 1 aromatic carbocycles. The number of amides is 2. The topological polar surface area (TPSA) is 99.8 Å². The molecular formula is C14H9NO5S. The van der Waals surface area contributed by atoms with Crippen LogP contribution in [0.25, 0.3) is 17.4 Å². The number of hydrogen-bond donors (Lipinski definition) is 3. The van der Waals surface area contributed by atoms with Gasteiger partial charge in [-0.15, -0.1) is 0 Å². The highest BCUT2D eigenvalue weighted by Crippen LogP contribution is 2.34. The highest BCUT2D eigenvalue weighted by atomic mass is 32.2. The number of hydrogen-bond acceptors (Lipinski definition) is 6. The van der Waals surface area contributed by atoms with Crippen molar-refractivity contribution in [2.45, 2.75) is 0 Å². The molecule has 1 saturated heterocycles. The quantitative estimate of drug-likeness (QED) is 0.582. The molecule has 1 aromatic heterocycles. The van der Waals surface area contributed by atoms with E-state index in [-0.39, 0.29) is 16.4 Å². The summed E-state index contributed by atoms with van der Waals surface area (Å²) in [5.41, 5.74) is 0.333. The smallest absolute Gasteiger partial charge is 0.290 e. The van der Waals surface area contributed by atoms with Gasteiger partial charge in [0.2, 0.25) is 0 Å². The van der Waals surface area contributed by atoms with Gasteiger partial charge in [0.1, 0.15) is 23.0 Å². The van der Waals surface area contributed by atoms with E-state index in [1.165, 1.54) is 24.3 Å². The van der Waals surface area contributed by atoms with Crippen LogP contribution in [0.5, 0.6) is 11.5 Å². The van der Waals surface area contributed by atoms with Gasteiger partial charge < -0.3 is 14.6 Å². The largest absolute Gasteiger partial charge is 0.508 e. The third-order valence-electron chi connectivity index (χ3n) is 2.79. The molecule has 0 spiro atoms. The number of rotatable bonds is 2. The molecule has 106 valence electrons. The van der Waals surface area contributed by atoms with Crippen LogP contribution in [-0.2, 0) is 4.79 Å². The average molecular weight is 303 g/mol. The second-order valence-corrected chi connectivity index (χ2v) is 5.27. The van der Waals surface area contributed by atoms with Crippen LogP contribution in [0.1, 0.15) is 5.76 Å². The van der Waals surface area contributed by atoms with Gasteiger partial charge in [-0.05, 0) is 42.1 Å². The van der Waals surface area contributed by atoms with Gasteiger partial charge in [0, 0.05) is 6.08 Å². The fraction of sp³-hybridized carbons (Fsp3) is 0. The summed E-state index contributed by atoms with van der Waals surface area (Å²) >= 11 is 0.791. The highest BCUT2D eigenvalue weighted by Gasteiger charge is 2.25. The molecular weight excluding hydrogens is 294 g/mol. The first-order chi connectivity index (χ1) is 10.0. The molecule has 1 aliphatic rings. The van der Waals surface area contributed by atoms with E-state index in [9.17, 15) is 19.8 Å². The van der Waals surface area contributed by atoms with Crippen molar-refractivity contribution in [3.8, 4) is 22.8 Å². The first-order valence-corrected chi connectivity index (χ1v) is 6.71. The lowest BCUT2D eigenvalue weighted by molar-refractivity contribution is -0.115. The van der Waals surface area contributed by atoms with Crippen molar-refractivity contribution in [1.29, 1.82) is 0 Å². The maximum atomic E-state index is 11.4. The number of carbonyl (C=O) groups excluding carboxylic acids is 2. The number of phenols is 2. The number of imide groups is 1. The van der Waals surface area contributed by atoms with Crippen molar-refractivity contribution >= 4 is 29.0 Å². The number of phenolic OH excluding ortho intramolecular Hbond substituents is 2. The van der Waals surface area contributed by atoms with Crippen LogP contribution in [0.15, 0.2) is 39.7 Å². The van der Waals surface area contributed by atoms with Crippen LogP contribution in [0.4, 0.5) is 4.79 Å². The Bertz CT molecular complexity index is 777. The molecule has 7 heteroatoms. The number of carbonyl (C=O) groups is 2. The minimum Gasteiger partial charge on any atom is -0.508 e. The van der Waals surface area contributed by atoms with Gasteiger partial charge in [-0.3, -0.25) is 14.9 Å².